The Hall–Kier alpha value is -1.49. The number of primary amides is 1. The predicted octanol–water partition coefficient (Wildman–Crippen LogP) is 1.30. The van der Waals surface area contributed by atoms with E-state index in [1.807, 2.05) is 6.08 Å². The Bertz CT molecular complexity index is 431. The molecule has 3 amide bonds. The highest BCUT2D eigenvalue weighted by Gasteiger charge is 2.30. The first-order valence-corrected chi connectivity index (χ1v) is 6.51. The van der Waals surface area contributed by atoms with Crippen molar-refractivity contribution in [3.63, 3.8) is 0 Å². The summed E-state index contributed by atoms with van der Waals surface area (Å²) >= 11 is 5.64. The molecule has 3 N–H and O–H groups in total. The van der Waals surface area contributed by atoms with Crippen LogP contribution in [0.4, 0.5) is 4.79 Å². The number of hydrogen-bond acceptors (Lipinski definition) is 2. The lowest BCUT2D eigenvalue weighted by Gasteiger charge is -2.25. The van der Waals surface area contributed by atoms with Crippen LogP contribution in [0.25, 0.3) is 0 Å². The molecule has 18 heavy (non-hydrogen) atoms. The Morgan fingerprint density at radius 2 is 2.39 bits per heavy atom. The molecule has 0 aromatic carbocycles. The molecule has 5 nitrogen and oxygen atoms in total. The summed E-state index contributed by atoms with van der Waals surface area (Å²) < 4.78 is 0. The van der Waals surface area contributed by atoms with Crippen LogP contribution < -0.4 is 11.1 Å². The van der Waals surface area contributed by atoms with E-state index in [0.717, 1.165) is 18.4 Å². The number of nitrogens with zero attached hydrogens (tertiary/aromatic N) is 1. The molecule has 0 saturated carbocycles. The lowest BCUT2D eigenvalue weighted by molar-refractivity contribution is -0.121. The molecule has 0 spiro atoms. The molecule has 0 saturated heterocycles. The number of allylic oxidation sites excluding steroid dienone is 2. The van der Waals surface area contributed by atoms with Gasteiger partial charge in [-0.2, -0.15) is 0 Å². The molecule has 98 valence electrons. The number of amides is 3. The number of hydrogen-bond donors (Lipinski definition) is 2. The van der Waals surface area contributed by atoms with E-state index < -0.39 is 5.92 Å². The van der Waals surface area contributed by atoms with Crippen molar-refractivity contribution in [3.8, 4) is 0 Å². The second-order valence-electron chi connectivity index (χ2n) is 4.41. The van der Waals surface area contributed by atoms with Crippen molar-refractivity contribution >= 4 is 23.5 Å². The van der Waals surface area contributed by atoms with Gasteiger partial charge in [0.2, 0.25) is 5.91 Å². The summed E-state index contributed by atoms with van der Waals surface area (Å²) in [5.41, 5.74) is 7.02. The lowest BCUT2D eigenvalue weighted by atomic mass is 9.86. The average molecular weight is 270 g/mol. The molecule has 2 aliphatic rings. The van der Waals surface area contributed by atoms with Gasteiger partial charge in [0.1, 0.15) is 0 Å². The van der Waals surface area contributed by atoms with E-state index in [0.29, 0.717) is 24.5 Å². The van der Waals surface area contributed by atoms with Gasteiger partial charge in [-0.1, -0.05) is 0 Å². The van der Waals surface area contributed by atoms with Crippen LogP contribution in [0.5, 0.6) is 0 Å². The van der Waals surface area contributed by atoms with E-state index in [4.69, 9.17) is 17.3 Å². The van der Waals surface area contributed by atoms with E-state index in [1.165, 1.54) is 4.90 Å². The van der Waals surface area contributed by atoms with Crippen LogP contribution in [-0.4, -0.2) is 29.3 Å². The van der Waals surface area contributed by atoms with Gasteiger partial charge in [0.05, 0.1) is 5.92 Å². The highest BCUT2D eigenvalue weighted by atomic mass is 35.5. The van der Waals surface area contributed by atoms with Gasteiger partial charge in [-0.15, -0.1) is 11.6 Å². The van der Waals surface area contributed by atoms with Crippen LogP contribution in [0, 0.1) is 5.92 Å². The Morgan fingerprint density at radius 1 is 1.61 bits per heavy atom. The molecule has 1 unspecified atom stereocenters. The second kappa shape index (κ2) is 5.44. The third-order valence-electron chi connectivity index (χ3n) is 3.26. The van der Waals surface area contributed by atoms with Crippen molar-refractivity contribution in [3.05, 3.63) is 23.5 Å². The summed E-state index contributed by atoms with van der Waals surface area (Å²) in [5.74, 6) is -0.415. The fourth-order valence-electron chi connectivity index (χ4n) is 2.33. The number of urea groups is 1. The summed E-state index contributed by atoms with van der Waals surface area (Å²) in [6.45, 7) is 0.436. The zero-order chi connectivity index (χ0) is 13.1. The van der Waals surface area contributed by atoms with Gasteiger partial charge in [-0.25, -0.2) is 4.79 Å². The molecule has 1 atom stereocenters. The van der Waals surface area contributed by atoms with Crippen molar-refractivity contribution in [2.45, 2.75) is 19.3 Å². The maximum atomic E-state index is 11.9. The third kappa shape index (κ3) is 2.51. The molecule has 1 heterocycles. The zero-order valence-electron chi connectivity index (χ0n) is 9.99. The van der Waals surface area contributed by atoms with E-state index in [9.17, 15) is 9.59 Å². The molecule has 1 aliphatic heterocycles. The number of alkyl halides is 1. The van der Waals surface area contributed by atoms with Gasteiger partial charge >= 0.3 is 6.03 Å². The fourth-order valence-corrected chi connectivity index (χ4v) is 2.51. The van der Waals surface area contributed by atoms with E-state index in [2.05, 4.69) is 5.32 Å². The summed E-state index contributed by atoms with van der Waals surface area (Å²) in [7, 11) is 0. The van der Waals surface area contributed by atoms with Crippen LogP contribution in [0.2, 0.25) is 0 Å². The van der Waals surface area contributed by atoms with Gasteiger partial charge in [0.15, 0.2) is 0 Å². The average Bonchev–Trinajstić information content (AvgIpc) is 2.49. The Kier molecular flexibility index (Phi) is 3.91. The van der Waals surface area contributed by atoms with E-state index in [1.54, 1.807) is 6.20 Å². The molecule has 2 rings (SSSR count). The number of halogens is 1. The lowest BCUT2D eigenvalue weighted by Crippen LogP contribution is -2.41. The monoisotopic (exact) mass is 269 g/mol. The van der Waals surface area contributed by atoms with Crippen molar-refractivity contribution < 1.29 is 9.59 Å². The van der Waals surface area contributed by atoms with Crippen LogP contribution in [0.1, 0.15) is 19.3 Å². The highest BCUT2D eigenvalue weighted by molar-refractivity contribution is 6.18. The third-order valence-corrected chi connectivity index (χ3v) is 3.43. The van der Waals surface area contributed by atoms with Crippen molar-refractivity contribution in [1.82, 2.24) is 10.2 Å². The van der Waals surface area contributed by atoms with Gasteiger partial charge in [0, 0.05) is 24.3 Å². The quantitative estimate of drug-likeness (QED) is 0.758. The molecule has 0 bridgehead atoms. The summed E-state index contributed by atoms with van der Waals surface area (Å²) in [5, 5.41) is 2.79. The van der Waals surface area contributed by atoms with Crippen molar-refractivity contribution in [1.29, 1.82) is 0 Å². The highest BCUT2D eigenvalue weighted by Crippen LogP contribution is 2.30. The molecule has 1 aliphatic carbocycles. The number of nitrogens with two attached hydrogens (primary N) is 1. The molecule has 0 aromatic rings. The van der Waals surface area contributed by atoms with Crippen molar-refractivity contribution in [2.24, 2.45) is 11.7 Å². The molecular weight excluding hydrogens is 254 g/mol. The Morgan fingerprint density at radius 3 is 3.06 bits per heavy atom. The number of carbonyl (C=O) groups excluding carboxylic acids is 2. The maximum Gasteiger partial charge on any atom is 0.325 e. The minimum absolute atomic E-state index is 0.259. The SMILES string of the molecule is NC(=O)C1CCCC2=C1NC(=O)N(CCCl)C=C2. The van der Waals surface area contributed by atoms with Crippen molar-refractivity contribution in [2.75, 3.05) is 12.4 Å². The van der Waals surface area contributed by atoms with Gasteiger partial charge in [-0.05, 0) is 30.9 Å². The Labute approximate surface area is 111 Å². The van der Waals surface area contributed by atoms with E-state index in [-0.39, 0.29) is 11.9 Å². The van der Waals surface area contributed by atoms with Crippen LogP contribution in [0.15, 0.2) is 23.5 Å². The summed E-state index contributed by atoms with van der Waals surface area (Å²) in [4.78, 5) is 24.9. The van der Waals surface area contributed by atoms with Crippen LogP contribution in [0.3, 0.4) is 0 Å². The maximum absolute atomic E-state index is 11.9. The second-order valence-corrected chi connectivity index (χ2v) is 4.79. The predicted molar refractivity (Wildman–Crippen MR) is 68.7 cm³/mol. The zero-order valence-corrected chi connectivity index (χ0v) is 10.7. The first-order chi connectivity index (χ1) is 8.63. The van der Waals surface area contributed by atoms with Crippen LogP contribution in [-0.2, 0) is 4.79 Å². The normalized spacial score (nSPS) is 23.5. The largest absolute Gasteiger partial charge is 0.369 e. The van der Waals surface area contributed by atoms with Crippen LogP contribution >= 0.6 is 11.6 Å². The standard InChI is InChI=1S/C12H16ClN3O2/c13-5-7-16-6-4-8-2-1-3-9(11(14)17)10(8)15-12(16)18/h4,6,9H,1-3,5,7H2,(H2,14,17)(H,15,18). The van der Waals surface area contributed by atoms with E-state index >= 15 is 0 Å². The molecule has 0 aromatic heterocycles. The molecule has 0 fully saturated rings. The number of carbonyl (C=O) groups is 2. The first kappa shape index (κ1) is 13.0. The summed E-state index contributed by atoms with van der Waals surface area (Å²) in [6, 6.07) is -0.259. The minimum Gasteiger partial charge on any atom is -0.369 e. The minimum atomic E-state index is -0.390. The fraction of sp³-hybridized carbons (Fsp3) is 0.500. The topological polar surface area (TPSA) is 75.4 Å². The number of rotatable bonds is 3. The Balaban J connectivity index is 2.26. The smallest absolute Gasteiger partial charge is 0.325 e. The van der Waals surface area contributed by atoms with Gasteiger partial charge < -0.3 is 11.1 Å². The number of nitrogens with one attached hydrogen (secondary N) is 1. The first-order valence-electron chi connectivity index (χ1n) is 5.97. The summed E-state index contributed by atoms with van der Waals surface area (Å²) in [6.07, 6.45) is 6.03. The molecular formula is C12H16ClN3O2. The van der Waals surface area contributed by atoms with Gasteiger partial charge in [0.25, 0.3) is 0 Å². The molecule has 0 radical (unpaired) electrons. The molecule has 6 heteroatoms. The van der Waals surface area contributed by atoms with Gasteiger partial charge in [-0.3, -0.25) is 9.69 Å².